The Hall–Kier alpha value is -2.96. The molecule has 3 aromatic carbocycles. The summed E-state index contributed by atoms with van der Waals surface area (Å²) in [6.45, 7) is 3.06. The molecule has 0 amide bonds. The molecule has 6 N–H and O–H groups in total. The number of hydrogen-bond acceptors (Lipinski definition) is 4. The summed E-state index contributed by atoms with van der Waals surface area (Å²) in [5.41, 5.74) is 8.42. The minimum Gasteiger partial charge on any atom is -0.399 e. The summed E-state index contributed by atoms with van der Waals surface area (Å²) >= 11 is 0. The number of hydrogen-bond donors (Lipinski definition) is 5. The molecule has 29 heavy (non-hydrogen) atoms. The van der Waals surface area contributed by atoms with Crippen LogP contribution >= 0.6 is 7.82 Å². The Kier molecular flexibility index (Phi) is 13.5. The summed E-state index contributed by atoms with van der Waals surface area (Å²) in [5.74, 6) is 0.167. The van der Waals surface area contributed by atoms with Gasteiger partial charge in [0.1, 0.15) is 5.78 Å². The molecule has 0 aromatic heterocycles. The molecule has 0 spiro atoms. The molecule has 0 radical (unpaired) electrons. The van der Waals surface area contributed by atoms with Crippen molar-refractivity contribution in [3.8, 4) is 0 Å². The van der Waals surface area contributed by atoms with E-state index >= 15 is 0 Å². The molecule has 0 heterocycles. The van der Waals surface area contributed by atoms with Gasteiger partial charge in [0.05, 0.1) is 0 Å². The molecule has 0 aliphatic rings. The van der Waals surface area contributed by atoms with Gasteiger partial charge in [-0.3, -0.25) is 0 Å². The van der Waals surface area contributed by atoms with Gasteiger partial charge in [-0.2, -0.15) is 0 Å². The summed E-state index contributed by atoms with van der Waals surface area (Å²) in [6, 6.07) is 29.8. The predicted octanol–water partition coefficient (Wildman–Crippen LogP) is 4.37. The zero-order chi connectivity index (χ0) is 22.1. The molecular weight excluding hydrogens is 391 g/mol. The van der Waals surface area contributed by atoms with Crippen LogP contribution in [0.25, 0.3) is 0 Å². The molecule has 3 aromatic rings. The van der Waals surface area contributed by atoms with E-state index in [9.17, 15) is 4.79 Å². The smallest absolute Gasteiger partial charge is 0.399 e. The minimum absolute atomic E-state index is 0.167. The molecule has 0 saturated carbocycles. The van der Waals surface area contributed by atoms with Crippen molar-refractivity contribution >= 4 is 30.7 Å². The SMILES string of the molecule is CC(C)=O.Nc1ccccc1.O=P(O)(O)O.c1ccc(Nc2ccccc2)cc1. The number of Topliss-reactive ketones (excluding diaryl/α,β-unsaturated/α-hetero) is 1. The van der Waals surface area contributed by atoms with Gasteiger partial charge in [-0.1, -0.05) is 54.6 Å². The molecule has 7 nitrogen and oxygen atoms in total. The van der Waals surface area contributed by atoms with Crippen LogP contribution in [0.3, 0.4) is 0 Å². The molecule has 0 atom stereocenters. The van der Waals surface area contributed by atoms with Gasteiger partial charge in [0, 0.05) is 17.1 Å². The third-order valence-electron chi connectivity index (χ3n) is 2.64. The summed E-state index contributed by atoms with van der Waals surface area (Å²) in [6.07, 6.45) is 0. The Morgan fingerprint density at radius 2 is 0.966 bits per heavy atom. The second-order valence-electron chi connectivity index (χ2n) is 5.69. The Morgan fingerprint density at radius 1 is 0.724 bits per heavy atom. The van der Waals surface area contributed by atoms with Gasteiger partial charge in [-0.25, -0.2) is 4.57 Å². The number of nitrogens with two attached hydrogens (primary N) is 1. The number of carbonyl (C=O) groups excluding carboxylic acids is 1. The summed E-state index contributed by atoms with van der Waals surface area (Å²) in [7, 11) is -4.64. The Bertz CT molecular complexity index is 791. The average Bonchev–Trinajstić information content (AvgIpc) is 2.63. The maximum Gasteiger partial charge on any atom is 0.466 e. The molecule has 0 saturated heterocycles. The molecule has 8 heteroatoms. The highest BCUT2D eigenvalue weighted by Gasteiger charge is 2.00. The maximum atomic E-state index is 9.44. The summed E-state index contributed by atoms with van der Waals surface area (Å²) in [5, 5.41) is 3.30. The lowest BCUT2D eigenvalue weighted by atomic mass is 10.3. The number of rotatable bonds is 2. The predicted molar refractivity (Wildman–Crippen MR) is 118 cm³/mol. The fourth-order valence-electron chi connectivity index (χ4n) is 1.66. The van der Waals surface area contributed by atoms with E-state index in [1.807, 2.05) is 91.0 Å². The van der Waals surface area contributed by atoms with Crippen molar-refractivity contribution in [2.24, 2.45) is 0 Å². The molecule has 3 rings (SSSR count). The van der Waals surface area contributed by atoms with Gasteiger partial charge in [0.15, 0.2) is 0 Å². The third kappa shape index (κ3) is 21.2. The standard InChI is InChI=1S/C12H11N.C6H7N.C3H6O.H3O4P/c1-3-7-11(8-4-1)13-12-9-5-2-6-10-12;7-6-4-2-1-3-5-6;1-3(2)4;1-5(2,3)4/h1-10,13H;1-5H,7H2;1-2H3;(H3,1,2,3,4). The van der Waals surface area contributed by atoms with E-state index in [2.05, 4.69) is 5.32 Å². The van der Waals surface area contributed by atoms with Crippen LogP contribution in [0, 0.1) is 0 Å². The largest absolute Gasteiger partial charge is 0.466 e. The van der Waals surface area contributed by atoms with Crippen LogP contribution < -0.4 is 11.1 Å². The molecule has 0 aliphatic carbocycles. The fourth-order valence-corrected chi connectivity index (χ4v) is 1.66. The van der Waals surface area contributed by atoms with Crippen molar-refractivity contribution < 1.29 is 24.0 Å². The second-order valence-corrected chi connectivity index (χ2v) is 6.72. The fraction of sp³-hybridized carbons (Fsp3) is 0.0952. The first-order valence-electron chi connectivity index (χ1n) is 8.51. The first-order valence-corrected chi connectivity index (χ1v) is 10.1. The van der Waals surface area contributed by atoms with Gasteiger partial charge >= 0.3 is 7.82 Å². The molecular formula is C21H27N2O5P. The van der Waals surface area contributed by atoms with Crippen molar-refractivity contribution in [3.63, 3.8) is 0 Å². The Balaban J connectivity index is 0.000000414. The number of nitrogens with one attached hydrogen (secondary N) is 1. The lowest BCUT2D eigenvalue weighted by molar-refractivity contribution is -0.115. The summed E-state index contributed by atoms with van der Waals surface area (Å²) < 4.78 is 8.88. The first-order chi connectivity index (χ1) is 13.6. The van der Waals surface area contributed by atoms with E-state index in [4.69, 9.17) is 25.0 Å². The molecule has 156 valence electrons. The first kappa shape index (κ1) is 26.0. The van der Waals surface area contributed by atoms with E-state index in [1.54, 1.807) is 0 Å². The van der Waals surface area contributed by atoms with Crippen LogP contribution in [0.1, 0.15) is 13.8 Å². The van der Waals surface area contributed by atoms with Crippen molar-refractivity contribution in [1.82, 2.24) is 0 Å². The van der Waals surface area contributed by atoms with Gasteiger partial charge in [-0.05, 0) is 50.2 Å². The number of carbonyl (C=O) groups is 1. The third-order valence-corrected chi connectivity index (χ3v) is 2.64. The van der Waals surface area contributed by atoms with E-state index in [-0.39, 0.29) is 5.78 Å². The quantitative estimate of drug-likeness (QED) is 0.308. The molecule has 0 aliphatic heterocycles. The molecule has 0 bridgehead atoms. The number of anilines is 3. The highest BCUT2D eigenvalue weighted by Crippen LogP contribution is 2.25. The average molecular weight is 418 g/mol. The normalized spacial score (nSPS) is 9.28. The van der Waals surface area contributed by atoms with Gasteiger partial charge in [-0.15, -0.1) is 0 Å². The van der Waals surface area contributed by atoms with E-state index in [1.165, 1.54) is 13.8 Å². The number of phosphoric acid groups is 1. The number of benzene rings is 3. The lowest BCUT2D eigenvalue weighted by Crippen LogP contribution is -1.87. The van der Waals surface area contributed by atoms with Crippen LogP contribution in [0.4, 0.5) is 17.1 Å². The maximum absolute atomic E-state index is 9.44. The van der Waals surface area contributed by atoms with Crippen LogP contribution in [0.2, 0.25) is 0 Å². The van der Waals surface area contributed by atoms with Crippen LogP contribution in [0.5, 0.6) is 0 Å². The van der Waals surface area contributed by atoms with Crippen LogP contribution in [-0.4, -0.2) is 20.5 Å². The summed E-state index contributed by atoms with van der Waals surface area (Å²) in [4.78, 5) is 31.0. The van der Waals surface area contributed by atoms with E-state index in [0.29, 0.717) is 0 Å². The zero-order valence-corrected chi connectivity index (χ0v) is 17.2. The topological polar surface area (TPSA) is 133 Å². The lowest BCUT2D eigenvalue weighted by Gasteiger charge is -2.04. The number of nitrogen functional groups attached to an aromatic ring is 1. The minimum atomic E-state index is -4.64. The van der Waals surface area contributed by atoms with Gasteiger partial charge < -0.3 is 30.5 Å². The van der Waals surface area contributed by atoms with Crippen molar-refractivity contribution in [2.45, 2.75) is 13.8 Å². The highest BCUT2D eigenvalue weighted by molar-refractivity contribution is 7.45. The van der Waals surface area contributed by atoms with Crippen LogP contribution in [0.15, 0.2) is 91.0 Å². The second kappa shape index (κ2) is 15.0. The van der Waals surface area contributed by atoms with E-state index in [0.717, 1.165) is 17.1 Å². The molecule has 0 fully saturated rings. The number of ketones is 1. The van der Waals surface area contributed by atoms with Crippen LogP contribution in [-0.2, 0) is 9.36 Å². The Labute approximate surface area is 171 Å². The van der Waals surface area contributed by atoms with Crippen molar-refractivity contribution in [1.29, 1.82) is 0 Å². The highest BCUT2D eigenvalue weighted by atomic mass is 31.2. The van der Waals surface area contributed by atoms with Crippen molar-refractivity contribution in [3.05, 3.63) is 91.0 Å². The van der Waals surface area contributed by atoms with E-state index < -0.39 is 7.82 Å². The monoisotopic (exact) mass is 418 g/mol. The zero-order valence-electron chi connectivity index (χ0n) is 16.3. The van der Waals surface area contributed by atoms with Gasteiger partial charge in [0.25, 0.3) is 0 Å². The number of para-hydroxylation sites is 3. The Morgan fingerprint density at radius 3 is 1.17 bits per heavy atom. The van der Waals surface area contributed by atoms with Crippen molar-refractivity contribution in [2.75, 3.05) is 11.1 Å². The van der Waals surface area contributed by atoms with Gasteiger partial charge in [0.2, 0.25) is 0 Å². The molecule has 0 unspecified atom stereocenters.